The highest BCUT2D eigenvalue weighted by molar-refractivity contribution is 9.10. The first-order chi connectivity index (χ1) is 13.1. The molecular formula is C23H24BrN3. The second-order valence-corrected chi connectivity index (χ2v) is 8.08. The number of aryl methyl sites for hydroxylation is 3. The van der Waals surface area contributed by atoms with Crippen LogP contribution in [0.4, 0.5) is 0 Å². The fourth-order valence-corrected chi connectivity index (χ4v) is 4.43. The molecule has 0 unspecified atom stereocenters. The summed E-state index contributed by atoms with van der Waals surface area (Å²) in [6.45, 7) is 5.08. The van der Waals surface area contributed by atoms with Crippen LogP contribution in [-0.2, 0) is 6.42 Å². The van der Waals surface area contributed by atoms with Crippen molar-refractivity contribution in [3.63, 3.8) is 0 Å². The van der Waals surface area contributed by atoms with Crippen molar-refractivity contribution >= 4 is 37.7 Å². The van der Waals surface area contributed by atoms with Crippen molar-refractivity contribution in [3.8, 4) is 11.3 Å². The summed E-state index contributed by atoms with van der Waals surface area (Å²) >= 11 is 3.67. The van der Waals surface area contributed by atoms with Gasteiger partial charge in [-0.3, -0.25) is 4.98 Å². The molecule has 0 aliphatic carbocycles. The largest absolute Gasteiger partial charge is 0.354 e. The number of halogens is 1. The number of nitrogens with two attached hydrogens (primary N) is 1. The smallest absolute Gasteiger partial charge is 0.0806 e. The quantitative estimate of drug-likeness (QED) is 0.385. The molecule has 4 heteroatoms. The van der Waals surface area contributed by atoms with E-state index in [2.05, 4.69) is 65.1 Å². The lowest BCUT2D eigenvalue weighted by Gasteiger charge is -2.09. The predicted molar refractivity (Wildman–Crippen MR) is 118 cm³/mol. The number of nitrogens with zero attached hydrogens (tertiary/aromatic N) is 1. The summed E-state index contributed by atoms with van der Waals surface area (Å²) in [5.41, 5.74) is 14.3. The first-order valence-corrected chi connectivity index (χ1v) is 10.2. The van der Waals surface area contributed by atoms with Crippen LogP contribution in [0.5, 0.6) is 0 Å². The lowest BCUT2D eigenvalue weighted by atomic mass is 9.97. The zero-order valence-electron chi connectivity index (χ0n) is 15.8. The molecule has 0 spiro atoms. The molecule has 27 heavy (non-hydrogen) atoms. The number of hydrogen-bond donors (Lipinski definition) is 2. The maximum atomic E-state index is 5.75. The Morgan fingerprint density at radius 3 is 2.74 bits per heavy atom. The maximum Gasteiger partial charge on any atom is 0.0806 e. The molecule has 0 bridgehead atoms. The summed E-state index contributed by atoms with van der Waals surface area (Å²) < 4.78 is 1.07. The zero-order valence-corrected chi connectivity index (χ0v) is 17.4. The SMILES string of the molecule is Cc1cc(C)c2[nH]c(-c3ccc(Br)c4cccnc34)c(CCCCN)c2c1. The van der Waals surface area contributed by atoms with Gasteiger partial charge in [0.25, 0.3) is 0 Å². The Kier molecular flexibility index (Phi) is 5.02. The molecule has 3 N–H and O–H groups in total. The van der Waals surface area contributed by atoms with Gasteiger partial charge >= 0.3 is 0 Å². The summed E-state index contributed by atoms with van der Waals surface area (Å²) in [5, 5.41) is 2.46. The van der Waals surface area contributed by atoms with Gasteiger partial charge in [0, 0.05) is 32.5 Å². The number of nitrogens with one attached hydrogen (secondary N) is 1. The van der Waals surface area contributed by atoms with Gasteiger partial charge in [0.2, 0.25) is 0 Å². The normalized spacial score (nSPS) is 11.6. The van der Waals surface area contributed by atoms with Gasteiger partial charge in [-0.15, -0.1) is 0 Å². The van der Waals surface area contributed by atoms with Crippen molar-refractivity contribution in [2.45, 2.75) is 33.1 Å². The summed E-state index contributed by atoms with van der Waals surface area (Å²) in [4.78, 5) is 8.42. The molecule has 2 heterocycles. The van der Waals surface area contributed by atoms with Gasteiger partial charge < -0.3 is 10.7 Å². The average Bonchev–Trinajstić information content (AvgIpc) is 3.01. The molecule has 0 atom stereocenters. The topological polar surface area (TPSA) is 54.7 Å². The van der Waals surface area contributed by atoms with Gasteiger partial charge in [0.1, 0.15) is 0 Å². The standard InChI is InChI=1S/C23H24BrN3/c1-14-12-15(2)21-19(13-14)16(6-3-4-10-25)23(27-21)18-8-9-20(24)17-7-5-11-26-22(17)18/h5,7-9,11-13,27H,3-4,6,10,25H2,1-2H3. The summed E-state index contributed by atoms with van der Waals surface area (Å²) in [6.07, 6.45) is 5.01. The molecule has 3 nitrogen and oxygen atoms in total. The third-order valence-electron chi connectivity index (χ3n) is 5.22. The number of hydrogen-bond acceptors (Lipinski definition) is 2. The lowest BCUT2D eigenvalue weighted by molar-refractivity contribution is 0.748. The molecule has 138 valence electrons. The Hall–Kier alpha value is -2.17. The van der Waals surface area contributed by atoms with E-state index in [1.807, 2.05) is 12.3 Å². The summed E-state index contributed by atoms with van der Waals surface area (Å²) in [7, 11) is 0. The van der Waals surface area contributed by atoms with Crippen LogP contribution in [0.15, 0.2) is 47.1 Å². The average molecular weight is 422 g/mol. The Balaban J connectivity index is 2.00. The predicted octanol–water partition coefficient (Wildman–Crippen LogP) is 6.04. The summed E-state index contributed by atoms with van der Waals surface area (Å²) in [5.74, 6) is 0. The minimum atomic E-state index is 0.735. The number of unbranched alkanes of at least 4 members (excludes halogenated alkanes) is 1. The molecule has 2 aromatic heterocycles. The number of aromatic nitrogens is 2. The van der Waals surface area contributed by atoms with E-state index in [-0.39, 0.29) is 0 Å². The monoisotopic (exact) mass is 421 g/mol. The van der Waals surface area contributed by atoms with Crippen molar-refractivity contribution in [2.75, 3.05) is 6.54 Å². The maximum absolute atomic E-state index is 5.75. The van der Waals surface area contributed by atoms with Crippen LogP contribution in [0.2, 0.25) is 0 Å². The van der Waals surface area contributed by atoms with E-state index in [9.17, 15) is 0 Å². The molecule has 4 aromatic rings. The highest BCUT2D eigenvalue weighted by atomic mass is 79.9. The molecule has 0 amide bonds. The van der Waals surface area contributed by atoms with E-state index in [4.69, 9.17) is 10.7 Å². The molecule has 0 aliphatic heterocycles. The van der Waals surface area contributed by atoms with E-state index in [0.717, 1.165) is 46.7 Å². The highest BCUT2D eigenvalue weighted by Crippen LogP contribution is 2.38. The van der Waals surface area contributed by atoms with Crippen LogP contribution >= 0.6 is 15.9 Å². The summed E-state index contributed by atoms with van der Waals surface area (Å²) in [6, 6.07) is 12.9. The van der Waals surface area contributed by atoms with E-state index in [1.54, 1.807) is 0 Å². The number of aromatic amines is 1. The Bertz CT molecular complexity index is 1130. The number of H-pyrrole nitrogens is 1. The first-order valence-electron chi connectivity index (χ1n) is 9.45. The van der Waals surface area contributed by atoms with E-state index in [0.29, 0.717) is 0 Å². The van der Waals surface area contributed by atoms with Crippen LogP contribution in [0, 0.1) is 13.8 Å². The molecular weight excluding hydrogens is 398 g/mol. The highest BCUT2D eigenvalue weighted by Gasteiger charge is 2.17. The van der Waals surface area contributed by atoms with Gasteiger partial charge in [-0.2, -0.15) is 0 Å². The van der Waals surface area contributed by atoms with Crippen molar-refractivity contribution < 1.29 is 0 Å². The number of benzene rings is 2. The molecule has 0 saturated carbocycles. The molecule has 4 rings (SSSR count). The number of fused-ring (bicyclic) bond motifs is 2. The Morgan fingerprint density at radius 2 is 1.93 bits per heavy atom. The Labute approximate surface area is 168 Å². The van der Waals surface area contributed by atoms with Crippen molar-refractivity contribution in [2.24, 2.45) is 5.73 Å². The van der Waals surface area contributed by atoms with Crippen molar-refractivity contribution in [1.82, 2.24) is 9.97 Å². The molecule has 0 saturated heterocycles. The van der Waals surface area contributed by atoms with Gasteiger partial charge in [-0.25, -0.2) is 0 Å². The minimum Gasteiger partial charge on any atom is -0.354 e. The van der Waals surface area contributed by atoms with Crippen LogP contribution in [0.1, 0.15) is 29.5 Å². The van der Waals surface area contributed by atoms with E-state index < -0.39 is 0 Å². The van der Waals surface area contributed by atoms with Gasteiger partial charge in [-0.1, -0.05) is 33.6 Å². The van der Waals surface area contributed by atoms with Gasteiger partial charge in [0.15, 0.2) is 0 Å². The number of rotatable bonds is 5. The fraction of sp³-hybridized carbons (Fsp3) is 0.261. The molecule has 0 aliphatic rings. The van der Waals surface area contributed by atoms with Crippen molar-refractivity contribution in [3.05, 3.63) is 63.8 Å². The lowest BCUT2D eigenvalue weighted by Crippen LogP contribution is -1.99. The first kappa shape index (κ1) is 18.2. The van der Waals surface area contributed by atoms with Crippen molar-refractivity contribution in [1.29, 1.82) is 0 Å². The third-order valence-corrected chi connectivity index (χ3v) is 5.91. The Morgan fingerprint density at radius 1 is 1.07 bits per heavy atom. The van der Waals surface area contributed by atoms with Crippen LogP contribution in [0.3, 0.4) is 0 Å². The molecule has 0 radical (unpaired) electrons. The number of pyridine rings is 1. The van der Waals surface area contributed by atoms with Crippen LogP contribution in [-0.4, -0.2) is 16.5 Å². The van der Waals surface area contributed by atoms with Crippen LogP contribution < -0.4 is 5.73 Å². The molecule has 2 aromatic carbocycles. The molecule has 0 fully saturated rings. The van der Waals surface area contributed by atoms with Crippen LogP contribution in [0.25, 0.3) is 33.1 Å². The van der Waals surface area contributed by atoms with Gasteiger partial charge in [-0.05, 0) is 75.0 Å². The van der Waals surface area contributed by atoms with E-state index >= 15 is 0 Å². The second kappa shape index (κ2) is 7.45. The van der Waals surface area contributed by atoms with E-state index in [1.165, 1.54) is 33.3 Å². The second-order valence-electron chi connectivity index (χ2n) is 7.22. The zero-order chi connectivity index (χ0) is 19.0. The fourth-order valence-electron chi connectivity index (χ4n) is 3.98. The minimum absolute atomic E-state index is 0.735. The van der Waals surface area contributed by atoms with Gasteiger partial charge in [0.05, 0.1) is 11.2 Å². The third kappa shape index (κ3) is 3.28.